The maximum Gasteiger partial charge on any atom is 0.313 e. The highest BCUT2D eigenvalue weighted by atomic mass is 16.5. The molecule has 3 rings (SSSR count). The first-order valence-corrected chi connectivity index (χ1v) is 9.00. The van der Waals surface area contributed by atoms with Gasteiger partial charge in [-0.15, -0.1) is 0 Å². The Morgan fingerprint density at radius 2 is 1.86 bits per heavy atom. The van der Waals surface area contributed by atoms with E-state index < -0.39 is 11.8 Å². The van der Waals surface area contributed by atoms with Crippen LogP contribution in [0, 0.1) is 6.92 Å². The van der Waals surface area contributed by atoms with E-state index in [1.165, 1.54) is 0 Å². The van der Waals surface area contributed by atoms with Crippen LogP contribution in [0.25, 0.3) is 0 Å². The molecule has 1 aromatic carbocycles. The highest BCUT2D eigenvalue weighted by molar-refractivity contribution is 6.40. The predicted molar refractivity (Wildman–Crippen MR) is 102 cm³/mol. The van der Waals surface area contributed by atoms with Gasteiger partial charge in [-0.2, -0.15) is 5.10 Å². The molecule has 0 aliphatic carbocycles. The number of hydrogen-bond acceptors (Lipinski definition) is 5. The number of aromatic nitrogens is 2. The van der Waals surface area contributed by atoms with E-state index in [9.17, 15) is 14.4 Å². The third-order valence-electron chi connectivity index (χ3n) is 4.46. The van der Waals surface area contributed by atoms with Gasteiger partial charge in [0.25, 0.3) is 5.91 Å². The molecule has 28 heavy (non-hydrogen) atoms. The van der Waals surface area contributed by atoms with Crippen molar-refractivity contribution in [3.8, 4) is 0 Å². The second-order valence-corrected chi connectivity index (χ2v) is 6.50. The number of carbonyl (C=O) groups is 3. The van der Waals surface area contributed by atoms with Crippen LogP contribution in [0.2, 0.25) is 0 Å². The van der Waals surface area contributed by atoms with Crippen molar-refractivity contribution in [1.29, 1.82) is 0 Å². The van der Waals surface area contributed by atoms with Gasteiger partial charge in [-0.05, 0) is 19.1 Å². The standard InChI is InChI=1S/C19H23N5O4/c1-13-14(12-23(2)22-13)11-20-17(25)18(26)21-16-6-4-3-5-15(16)19(27)24-7-9-28-10-8-24/h3-6,12H,7-11H2,1-2H3,(H,20,25)(H,21,26). The molecule has 0 bridgehead atoms. The summed E-state index contributed by atoms with van der Waals surface area (Å²) in [7, 11) is 1.79. The minimum Gasteiger partial charge on any atom is -0.378 e. The van der Waals surface area contributed by atoms with Crippen molar-refractivity contribution in [3.05, 3.63) is 47.3 Å². The van der Waals surface area contributed by atoms with Crippen LogP contribution >= 0.6 is 0 Å². The SMILES string of the molecule is Cc1nn(C)cc1CNC(=O)C(=O)Nc1ccccc1C(=O)N1CCOCC1. The zero-order valence-corrected chi connectivity index (χ0v) is 15.9. The van der Waals surface area contributed by atoms with Gasteiger partial charge < -0.3 is 20.3 Å². The Kier molecular flexibility index (Phi) is 6.05. The molecule has 0 saturated carbocycles. The summed E-state index contributed by atoms with van der Waals surface area (Å²) in [4.78, 5) is 38.8. The second-order valence-electron chi connectivity index (χ2n) is 6.50. The largest absolute Gasteiger partial charge is 0.378 e. The summed E-state index contributed by atoms with van der Waals surface area (Å²) in [6.07, 6.45) is 1.78. The number of carbonyl (C=O) groups excluding carboxylic acids is 3. The van der Waals surface area contributed by atoms with Crippen molar-refractivity contribution in [2.45, 2.75) is 13.5 Å². The van der Waals surface area contributed by atoms with E-state index in [-0.39, 0.29) is 12.5 Å². The molecule has 1 fully saturated rings. The van der Waals surface area contributed by atoms with Gasteiger partial charge in [0.1, 0.15) is 0 Å². The predicted octanol–water partition coefficient (Wildman–Crippen LogP) is 0.456. The molecule has 9 nitrogen and oxygen atoms in total. The molecule has 0 radical (unpaired) electrons. The van der Waals surface area contributed by atoms with E-state index in [1.54, 1.807) is 47.1 Å². The lowest BCUT2D eigenvalue weighted by atomic mass is 10.1. The molecule has 9 heteroatoms. The summed E-state index contributed by atoms with van der Waals surface area (Å²) in [6, 6.07) is 6.64. The third kappa shape index (κ3) is 4.55. The van der Waals surface area contributed by atoms with E-state index in [1.807, 2.05) is 6.92 Å². The van der Waals surface area contributed by atoms with E-state index in [2.05, 4.69) is 15.7 Å². The summed E-state index contributed by atoms with van der Waals surface area (Å²) in [5.41, 5.74) is 2.25. The molecule has 0 unspecified atom stereocenters. The molecule has 1 saturated heterocycles. The fourth-order valence-corrected chi connectivity index (χ4v) is 2.97. The number of nitrogens with zero attached hydrogens (tertiary/aromatic N) is 3. The first kappa shape index (κ1) is 19.6. The van der Waals surface area contributed by atoms with Gasteiger partial charge in [0.15, 0.2) is 0 Å². The summed E-state index contributed by atoms with van der Waals surface area (Å²) >= 11 is 0. The third-order valence-corrected chi connectivity index (χ3v) is 4.46. The van der Waals surface area contributed by atoms with Crippen molar-refractivity contribution in [2.24, 2.45) is 7.05 Å². The molecular weight excluding hydrogens is 362 g/mol. The first-order valence-electron chi connectivity index (χ1n) is 9.00. The van der Waals surface area contributed by atoms with Crippen LogP contribution in [-0.2, 0) is 27.9 Å². The lowest BCUT2D eigenvalue weighted by Gasteiger charge is -2.27. The number of morpholine rings is 1. The Morgan fingerprint density at radius 1 is 1.14 bits per heavy atom. The summed E-state index contributed by atoms with van der Waals surface area (Å²) in [5, 5.41) is 9.30. The van der Waals surface area contributed by atoms with Crippen LogP contribution < -0.4 is 10.6 Å². The molecule has 0 spiro atoms. The molecule has 1 aromatic heterocycles. The number of hydrogen-bond donors (Lipinski definition) is 2. The molecule has 1 aliphatic rings. The molecule has 0 atom stereocenters. The van der Waals surface area contributed by atoms with Gasteiger partial charge in [0, 0.05) is 38.4 Å². The Labute approximate surface area is 162 Å². The number of rotatable bonds is 4. The number of amides is 3. The summed E-state index contributed by atoms with van der Waals surface area (Å²) < 4.78 is 6.91. The van der Waals surface area contributed by atoms with Crippen LogP contribution in [0.3, 0.4) is 0 Å². The van der Waals surface area contributed by atoms with Gasteiger partial charge in [0.05, 0.1) is 30.2 Å². The normalized spacial score (nSPS) is 13.9. The van der Waals surface area contributed by atoms with Crippen molar-refractivity contribution in [2.75, 3.05) is 31.6 Å². The van der Waals surface area contributed by atoms with Crippen molar-refractivity contribution >= 4 is 23.4 Å². The van der Waals surface area contributed by atoms with Gasteiger partial charge in [-0.25, -0.2) is 0 Å². The lowest BCUT2D eigenvalue weighted by molar-refractivity contribution is -0.136. The van der Waals surface area contributed by atoms with E-state index in [0.717, 1.165) is 11.3 Å². The van der Waals surface area contributed by atoms with Crippen molar-refractivity contribution < 1.29 is 19.1 Å². The van der Waals surface area contributed by atoms with E-state index in [4.69, 9.17) is 4.74 Å². The highest BCUT2D eigenvalue weighted by Gasteiger charge is 2.23. The zero-order chi connectivity index (χ0) is 20.1. The maximum absolute atomic E-state index is 12.7. The van der Waals surface area contributed by atoms with Gasteiger partial charge in [-0.3, -0.25) is 19.1 Å². The van der Waals surface area contributed by atoms with Crippen molar-refractivity contribution in [3.63, 3.8) is 0 Å². The Morgan fingerprint density at radius 3 is 2.54 bits per heavy atom. The number of aryl methyl sites for hydroxylation is 2. The topological polar surface area (TPSA) is 106 Å². The molecule has 2 N–H and O–H groups in total. The minimum atomic E-state index is -0.830. The molecule has 2 heterocycles. The first-order chi connectivity index (χ1) is 13.5. The fourth-order valence-electron chi connectivity index (χ4n) is 2.97. The second kappa shape index (κ2) is 8.66. The Hall–Kier alpha value is -3.20. The molecule has 1 aliphatic heterocycles. The molecule has 2 aromatic rings. The summed E-state index contributed by atoms with van der Waals surface area (Å²) in [6.45, 7) is 3.97. The van der Waals surface area contributed by atoms with Gasteiger partial charge in [0.2, 0.25) is 0 Å². The average molecular weight is 385 g/mol. The highest BCUT2D eigenvalue weighted by Crippen LogP contribution is 2.18. The number of nitrogens with one attached hydrogen (secondary N) is 2. The lowest BCUT2D eigenvalue weighted by Crippen LogP contribution is -2.41. The molecular formula is C19H23N5O4. The number of ether oxygens (including phenoxy) is 1. The maximum atomic E-state index is 12.7. The monoisotopic (exact) mass is 385 g/mol. The number of benzene rings is 1. The van der Waals surface area contributed by atoms with E-state index >= 15 is 0 Å². The Bertz CT molecular complexity index is 886. The number of para-hydroxylation sites is 1. The van der Waals surface area contributed by atoms with Crippen LogP contribution in [0.15, 0.2) is 30.5 Å². The zero-order valence-electron chi connectivity index (χ0n) is 15.9. The average Bonchev–Trinajstić information content (AvgIpc) is 3.03. The molecule has 3 amide bonds. The quantitative estimate of drug-likeness (QED) is 0.744. The fraction of sp³-hybridized carbons (Fsp3) is 0.368. The van der Waals surface area contributed by atoms with Gasteiger partial charge in [-0.1, -0.05) is 12.1 Å². The van der Waals surface area contributed by atoms with Crippen LogP contribution in [0.4, 0.5) is 5.69 Å². The molecule has 148 valence electrons. The van der Waals surface area contributed by atoms with Gasteiger partial charge >= 0.3 is 11.8 Å². The minimum absolute atomic E-state index is 0.195. The number of anilines is 1. The Balaban J connectivity index is 1.64. The smallest absolute Gasteiger partial charge is 0.313 e. The van der Waals surface area contributed by atoms with Crippen LogP contribution in [0.1, 0.15) is 21.6 Å². The van der Waals surface area contributed by atoms with Crippen LogP contribution in [-0.4, -0.2) is 58.7 Å². The van der Waals surface area contributed by atoms with E-state index in [0.29, 0.717) is 37.6 Å². The summed E-state index contributed by atoms with van der Waals surface area (Å²) in [5.74, 6) is -1.81. The van der Waals surface area contributed by atoms with Crippen molar-refractivity contribution in [1.82, 2.24) is 20.0 Å². The van der Waals surface area contributed by atoms with Crippen LogP contribution in [0.5, 0.6) is 0 Å².